The predicted molar refractivity (Wildman–Crippen MR) is 83.6 cm³/mol. The Labute approximate surface area is 126 Å². The summed E-state index contributed by atoms with van der Waals surface area (Å²) in [4.78, 5) is 11.9. The molecule has 4 nitrogen and oxygen atoms in total. The molecule has 21 heavy (non-hydrogen) atoms. The van der Waals surface area contributed by atoms with Crippen molar-refractivity contribution in [2.45, 2.75) is 57.1 Å². The van der Waals surface area contributed by atoms with Crippen LogP contribution in [-0.2, 0) is 4.79 Å². The van der Waals surface area contributed by atoms with E-state index in [2.05, 4.69) is 10.6 Å². The molecule has 1 heterocycles. The highest BCUT2D eigenvalue weighted by Gasteiger charge is 2.18. The van der Waals surface area contributed by atoms with Crippen molar-refractivity contribution in [2.75, 3.05) is 11.9 Å². The molecule has 0 radical (unpaired) electrons. The van der Waals surface area contributed by atoms with E-state index in [0.29, 0.717) is 18.6 Å². The van der Waals surface area contributed by atoms with Crippen LogP contribution in [0.1, 0.15) is 44.9 Å². The van der Waals surface area contributed by atoms with E-state index >= 15 is 0 Å². The average molecular weight is 288 g/mol. The Morgan fingerprint density at radius 1 is 1.14 bits per heavy atom. The van der Waals surface area contributed by atoms with Crippen LogP contribution in [0.4, 0.5) is 5.69 Å². The number of hydrogen-bond donors (Lipinski definition) is 2. The van der Waals surface area contributed by atoms with E-state index in [-0.39, 0.29) is 5.91 Å². The summed E-state index contributed by atoms with van der Waals surface area (Å²) in [6.07, 6.45) is 8.06. The van der Waals surface area contributed by atoms with Crippen molar-refractivity contribution in [3.8, 4) is 5.75 Å². The molecule has 0 aromatic heterocycles. The third-order valence-electron chi connectivity index (χ3n) is 4.34. The molecule has 1 saturated heterocycles. The Balaban J connectivity index is 1.47. The zero-order valence-electron chi connectivity index (χ0n) is 12.4. The SMILES string of the molecule is O=C(CC1CCCN1)Nc1ccc(OC2CCCC2)cc1. The van der Waals surface area contributed by atoms with Crippen molar-refractivity contribution in [3.63, 3.8) is 0 Å². The third kappa shape index (κ3) is 4.21. The Hall–Kier alpha value is -1.55. The first-order chi connectivity index (χ1) is 10.3. The van der Waals surface area contributed by atoms with Crippen LogP contribution < -0.4 is 15.4 Å². The van der Waals surface area contributed by atoms with Crippen LogP contribution in [0.3, 0.4) is 0 Å². The van der Waals surface area contributed by atoms with Gasteiger partial charge in [0.2, 0.25) is 5.91 Å². The highest BCUT2D eigenvalue weighted by atomic mass is 16.5. The maximum absolute atomic E-state index is 11.9. The van der Waals surface area contributed by atoms with Crippen LogP contribution >= 0.6 is 0 Å². The summed E-state index contributed by atoms with van der Waals surface area (Å²) in [6.45, 7) is 1.03. The van der Waals surface area contributed by atoms with Crippen LogP contribution in [0, 0.1) is 0 Å². The molecule has 1 aliphatic carbocycles. The number of carbonyl (C=O) groups excluding carboxylic acids is 1. The lowest BCUT2D eigenvalue weighted by molar-refractivity contribution is -0.116. The highest BCUT2D eigenvalue weighted by Crippen LogP contribution is 2.25. The molecule has 1 saturated carbocycles. The van der Waals surface area contributed by atoms with Crippen molar-refractivity contribution in [2.24, 2.45) is 0 Å². The van der Waals surface area contributed by atoms with Crippen molar-refractivity contribution >= 4 is 11.6 Å². The normalized spacial score (nSPS) is 22.4. The second-order valence-electron chi connectivity index (χ2n) is 6.09. The minimum atomic E-state index is 0.0823. The van der Waals surface area contributed by atoms with E-state index in [1.165, 1.54) is 19.3 Å². The van der Waals surface area contributed by atoms with Gasteiger partial charge in [0.05, 0.1) is 6.10 Å². The van der Waals surface area contributed by atoms with Crippen LogP contribution in [0.5, 0.6) is 5.75 Å². The maximum Gasteiger partial charge on any atom is 0.225 e. The number of ether oxygens (including phenoxy) is 1. The fraction of sp³-hybridized carbons (Fsp3) is 0.588. The van der Waals surface area contributed by atoms with Crippen molar-refractivity contribution < 1.29 is 9.53 Å². The van der Waals surface area contributed by atoms with Crippen LogP contribution in [0.25, 0.3) is 0 Å². The second-order valence-corrected chi connectivity index (χ2v) is 6.09. The average Bonchev–Trinajstić information content (AvgIpc) is 3.14. The van der Waals surface area contributed by atoms with Gasteiger partial charge in [0.1, 0.15) is 5.75 Å². The van der Waals surface area contributed by atoms with E-state index in [1.807, 2.05) is 24.3 Å². The highest BCUT2D eigenvalue weighted by molar-refractivity contribution is 5.91. The van der Waals surface area contributed by atoms with Gasteiger partial charge in [-0.05, 0) is 69.3 Å². The summed E-state index contributed by atoms with van der Waals surface area (Å²) in [7, 11) is 0. The number of amides is 1. The predicted octanol–water partition coefficient (Wildman–Crippen LogP) is 3.09. The summed E-state index contributed by atoms with van der Waals surface area (Å²) in [5.74, 6) is 0.983. The van der Waals surface area contributed by atoms with E-state index in [4.69, 9.17) is 4.74 Å². The lowest BCUT2D eigenvalue weighted by atomic mass is 10.1. The van der Waals surface area contributed by atoms with Gasteiger partial charge in [0.15, 0.2) is 0 Å². The molecule has 0 bridgehead atoms. The zero-order chi connectivity index (χ0) is 14.5. The molecule has 0 spiro atoms. The number of rotatable bonds is 5. The fourth-order valence-electron chi connectivity index (χ4n) is 3.18. The summed E-state index contributed by atoms with van der Waals surface area (Å²) < 4.78 is 5.92. The summed E-state index contributed by atoms with van der Waals surface area (Å²) in [5, 5.41) is 6.30. The molecule has 2 fully saturated rings. The standard InChI is InChI=1S/C17H24N2O2/c20-17(12-14-4-3-11-18-14)19-13-7-9-16(10-8-13)21-15-5-1-2-6-15/h7-10,14-15,18H,1-6,11-12H2,(H,19,20). The fourth-order valence-corrected chi connectivity index (χ4v) is 3.18. The van der Waals surface area contributed by atoms with Gasteiger partial charge < -0.3 is 15.4 Å². The molecule has 1 unspecified atom stereocenters. The van der Waals surface area contributed by atoms with Gasteiger partial charge in [-0.25, -0.2) is 0 Å². The number of nitrogens with one attached hydrogen (secondary N) is 2. The molecule has 4 heteroatoms. The number of carbonyl (C=O) groups is 1. The second kappa shape index (κ2) is 6.94. The minimum absolute atomic E-state index is 0.0823. The minimum Gasteiger partial charge on any atom is -0.490 e. The molecule has 3 rings (SSSR count). The van der Waals surface area contributed by atoms with Crippen LogP contribution in [0.2, 0.25) is 0 Å². The van der Waals surface area contributed by atoms with Crippen molar-refractivity contribution in [1.29, 1.82) is 0 Å². The molecule has 114 valence electrons. The Morgan fingerprint density at radius 3 is 2.57 bits per heavy atom. The van der Waals surface area contributed by atoms with Gasteiger partial charge in [-0.2, -0.15) is 0 Å². The van der Waals surface area contributed by atoms with Crippen molar-refractivity contribution in [3.05, 3.63) is 24.3 Å². The molecule has 1 atom stereocenters. The number of benzene rings is 1. The maximum atomic E-state index is 11.9. The quantitative estimate of drug-likeness (QED) is 0.875. The van der Waals surface area contributed by atoms with Gasteiger partial charge >= 0.3 is 0 Å². The molecule has 1 aromatic carbocycles. The van der Waals surface area contributed by atoms with Gasteiger partial charge in [-0.1, -0.05) is 0 Å². The van der Waals surface area contributed by atoms with Gasteiger partial charge in [0.25, 0.3) is 0 Å². The first-order valence-electron chi connectivity index (χ1n) is 8.09. The summed E-state index contributed by atoms with van der Waals surface area (Å²) in [6, 6.07) is 8.08. The lowest BCUT2D eigenvalue weighted by Crippen LogP contribution is -2.27. The monoisotopic (exact) mass is 288 g/mol. The van der Waals surface area contributed by atoms with E-state index in [9.17, 15) is 4.79 Å². The van der Waals surface area contributed by atoms with Gasteiger partial charge in [0, 0.05) is 18.2 Å². The lowest BCUT2D eigenvalue weighted by Gasteiger charge is -2.14. The topological polar surface area (TPSA) is 50.4 Å². The van der Waals surface area contributed by atoms with Crippen molar-refractivity contribution in [1.82, 2.24) is 5.32 Å². The Morgan fingerprint density at radius 2 is 1.90 bits per heavy atom. The molecule has 1 aliphatic heterocycles. The molecule has 1 aromatic rings. The molecule has 1 amide bonds. The number of anilines is 1. The molecular weight excluding hydrogens is 264 g/mol. The molecular formula is C17H24N2O2. The first-order valence-corrected chi connectivity index (χ1v) is 8.09. The Kier molecular flexibility index (Phi) is 4.76. The summed E-state index contributed by atoms with van der Waals surface area (Å²) in [5.41, 5.74) is 0.844. The number of hydrogen-bond acceptors (Lipinski definition) is 3. The Bertz CT molecular complexity index is 460. The van der Waals surface area contributed by atoms with Crippen LogP contribution in [0.15, 0.2) is 24.3 Å². The first kappa shape index (κ1) is 14.4. The van der Waals surface area contributed by atoms with E-state index < -0.39 is 0 Å². The van der Waals surface area contributed by atoms with Gasteiger partial charge in [-0.15, -0.1) is 0 Å². The van der Waals surface area contributed by atoms with Gasteiger partial charge in [-0.3, -0.25) is 4.79 Å². The largest absolute Gasteiger partial charge is 0.490 e. The van der Waals surface area contributed by atoms with E-state index in [1.54, 1.807) is 0 Å². The smallest absolute Gasteiger partial charge is 0.225 e. The molecule has 2 aliphatic rings. The third-order valence-corrected chi connectivity index (χ3v) is 4.34. The molecule has 2 N–H and O–H groups in total. The summed E-state index contributed by atoms with van der Waals surface area (Å²) >= 11 is 0. The van der Waals surface area contributed by atoms with Crippen LogP contribution in [-0.4, -0.2) is 24.6 Å². The zero-order valence-corrected chi connectivity index (χ0v) is 12.4. The van der Waals surface area contributed by atoms with E-state index in [0.717, 1.165) is 37.2 Å².